The van der Waals surface area contributed by atoms with Crippen LogP contribution in [0.1, 0.15) is 11.4 Å². The summed E-state index contributed by atoms with van der Waals surface area (Å²) in [7, 11) is 1.65. The molecule has 0 spiro atoms. The lowest BCUT2D eigenvalue weighted by Crippen LogP contribution is -2.16. The predicted molar refractivity (Wildman–Crippen MR) is 58.6 cm³/mol. The molecular formula is C11H13FN4O. The SMILES string of the molecule is Cn1nnc(CC(O)Cc2ccccc2F)n1. The first-order valence-electron chi connectivity index (χ1n) is 5.29. The molecule has 1 N–H and O–H groups in total. The third-order valence-corrected chi connectivity index (χ3v) is 2.38. The Bertz CT molecular complexity index is 500. The van der Waals surface area contributed by atoms with Gasteiger partial charge in [0.05, 0.1) is 13.2 Å². The van der Waals surface area contributed by atoms with Gasteiger partial charge in [0.2, 0.25) is 0 Å². The highest BCUT2D eigenvalue weighted by atomic mass is 19.1. The van der Waals surface area contributed by atoms with E-state index in [0.717, 1.165) is 0 Å². The molecule has 1 unspecified atom stereocenters. The fourth-order valence-electron chi connectivity index (χ4n) is 1.61. The maximum atomic E-state index is 13.3. The van der Waals surface area contributed by atoms with Crippen molar-refractivity contribution in [3.05, 3.63) is 41.5 Å². The summed E-state index contributed by atoms with van der Waals surface area (Å²) in [4.78, 5) is 1.32. The van der Waals surface area contributed by atoms with Crippen LogP contribution in [0.4, 0.5) is 4.39 Å². The Labute approximate surface area is 97.9 Å². The second-order valence-electron chi connectivity index (χ2n) is 3.85. The smallest absolute Gasteiger partial charge is 0.177 e. The number of aromatic nitrogens is 4. The minimum absolute atomic E-state index is 0.241. The van der Waals surface area contributed by atoms with Crippen molar-refractivity contribution in [2.45, 2.75) is 18.9 Å². The van der Waals surface area contributed by atoms with Crippen molar-refractivity contribution in [1.82, 2.24) is 20.2 Å². The molecule has 0 aliphatic rings. The highest BCUT2D eigenvalue weighted by molar-refractivity contribution is 5.18. The molecule has 0 aliphatic heterocycles. The summed E-state index contributed by atoms with van der Waals surface area (Å²) in [6, 6.07) is 6.40. The third-order valence-electron chi connectivity index (χ3n) is 2.38. The van der Waals surface area contributed by atoms with E-state index in [4.69, 9.17) is 0 Å². The molecule has 0 bridgehead atoms. The van der Waals surface area contributed by atoms with Gasteiger partial charge in [0.25, 0.3) is 0 Å². The van der Waals surface area contributed by atoms with Crippen LogP contribution in [-0.2, 0) is 19.9 Å². The summed E-state index contributed by atoms with van der Waals surface area (Å²) in [6.07, 6.45) is -0.205. The minimum Gasteiger partial charge on any atom is -0.392 e. The van der Waals surface area contributed by atoms with Crippen LogP contribution in [-0.4, -0.2) is 31.4 Å². The van der Waals surface area contributed by atoms with Gasteiger partial charge in [-0.1, -0.05) is 18.2 Å². The predicted octanol–water partition coefficient (Wildman–Crippen LogP) is 0.495. The van der Waals surface area contributed by atoms with Crippen LogP contribution in [0.3, 0.4) is 0 Å². The van der Waals surface area contributed by atoms with Gasteiger partial charge in [-0.05, 0) is 16.8 Å². The lowest BCUT2D eigenvalue weighted by atomic mass is 10.1. The molecule has 0 saturated heterocycles. The number of benzene rings is 1. The van der Waals surface area contributed by atoms with E-state index in [9.17, 15) is 9.50 Å². The van der Waals surface area contributed by atoms with Crippen LogP contribution in [0.15, 0.2) is 24.3 Å². The van der Waals surface area contributed by atoms with E-state index in [1.54, 1.807) is 25.2 Å². The first-order valence-corrected chi connectivity index (χ1v) is 5.29. The van der Waals surface area contributed by atoms with Crippen molar-refractivity contribution in [1.29, 1.82) is 0 Å². The Morgan fingerprint density at radius 1 is 1.35 bits per heavy atom. The number of aryl methyl sites for hydroxylation is 1. The molecule has 1 heterocycles. The number of aliphatic hydroxyl groups is 1. The van der Waals surface area contributed by atoms with Crippen molar-refractivity contribution in [2.24, 2.45) is 7.05 Å². The third kappa shape index (κ3) is 3.07. The van der Waals surface area contributed by atoms with Crippen molar-refractivity contribution in [3.63, 3.8) is 0 Å². The molecule has 17 heavy (non-hydrogen) atoms. The Morgan fingerprint density at radius 3 is 2.76 bits per heavy atom. The standard InChI is InChI=1S/C11H13FN4O/c1-16-14-11(13-15-16)7-9(17)6-8-4-2-3-5-10(8)12/h2-5,9,17H,6-7H2,1H3. The van der Waals surface area contributed by atoms with Crippen molar-refractivity contribution >= 4 is 0 Å². The van der Waals surface area contributed by atoms with Gasteiger partial charge in [0, 0.05) is 12.8 Å². The van der Waals surface area contributed by atoms with E-state index in [0.29, 0.717) is 11.4 Å². The Morgan fingerprint density at radius 2 is 2.12 bits per heavy atom. The zero-order chi connectivity index (χ0) is 12.3. The summed E-state index contributed by atoms with van der Waals surface area (Å²) in [5, 5.41) is 21.2. The first kappa shape index (κ1) is 11.7. The van der Waals surface area contributed by atoms with E-state index in [1.165, 1.54) is 10.9 Å². The van der Waals surface area contributed by atoms with Crippen LogP contribution in [0.25, 0.3) is 0 Å². The zero-order valence-electron chi connectivity index (χ0n) is 9.41. The topological polar surface area (TPSA) is 63.8 Å². The van der Waals surface area contributed by atoms with E-state index in [2.05, 4.69) is 15.4 Å². The molecule has 5 nitrogen and oxygen atoms in total. The van der Waals surface area contributed by atoms with E-state index >= 15 is 0 Å². The molecule has 1 aromatic carbocycles. The molecule has 0 fully saturated rings. The molecule has 0 amide bonds. The Kier molecular flexibility index (Phi) is 3.43. The van der Waals surface area contributed by atoms with Gasteiger partial charge in [0.1, 0.15) is 5.82 Å². The molecular weight excluding hydrogens is 223 g/mol. The number of rotatable bonds is 4. The Hall–Kier alpha value is -1.82. The summed E-state index contributed by atoms with van der Waals surface area (Å²) < 4.78 is 13.3. The maximum Gasteiger partial charge on any atom is 0.177 e. The van der Waals surface area contributed by atoms with E-state index < -0.39 is 6.10 Å². The highest BCUT2D eigenvalue weighted by Crippen LogP contribution is 2.10. The second kappa shape index (κ2) is 5.01. The minimum atomic E-state index is -0.712. The number of aliphatic hydroxyl groups excluding tert-OH is 1. The molecule has 1 atom stereocenters. The van der Waals surface area contributed by atoms with Gasteiger partial charge in [0.15, 0.2) is 5.82 Å². The molecule has 0 saturated carbocycles. The summed E-state index contributed by atoms with van der Waals surface area (Å²) in [5.74, 6) is 0.148. The molecule has 2 rings (SSSR count). The fourth-order valence-corrected chi connectivity index (χ4v) is 1.61. The first-order chi connectivity index (χ1) is 8.15. The normalized spacial score (nSPS) is 12.6. The van der Waals surface area contributed by atoms with Crippen molar-refractivity contribution in [3.8, 4) is 0 Å². The zero-order valence-corrected chi connectivity index (χ0v) is 9.41. The van der Waals surface area contributed by atoms with Crippen molar-refractivity contribution in [2.75, 3.05) is 0 Å². The number of hydrogen-bond donors (Lipinski definition) is 1. The molecule has 1 aromatic heterocycles. The van der Waals surface area contributed by atoms with Gasteiger partial charge in [-0.2, -0.15) is 4.80 Å². The quantitative estimate of drug-likeness (QED) is 0.839. The number of halogens is 1. The number of hydrogen-bond acceptors (Lipinski definition) is 4. The maximum absolute atomic E-state index is 13.3. The molecule has 0 radical (unpaired) electrons. The van der Waals surface area contributed by atoms with Gasteiger partial charge in [-0.3, -0.25) is 0 Å². The van der Waals surface area contributed by atoms with Crippen LogP contribution in [0, 0.1) is 5.82 Å². The molecule has 6 heteroatoms. The average molecular weight is 236 g/mol. The molecule has 90 valence electrons. The highest BCUT2D eigenvalue weighted by Gasteiger charge is 2.12. The monoisotopic (exact) mass is 236 g/mol. The van der Waals surface area contributed by atoms with Crippen molar-refractivity contribution < 1.29 is 9.50 Å². The summed E-state index contributed by atoms with van der Waals surface area (Å²) in [6.45, 7) is 0. The van der Waals surface area contributed by atoms with Gasteiger partial charge >= 0.3 is 0 Å². The van der Waals surface area contributed by atoms with Crippen LogP contribution < -0.4 is 0 Å². The van der Waals surface area contributed by atoms with Crippen LogP contribution in [0.5, 0.6) is 0 Å². The fraction of sp³-hybridized carbons (Fsp3) is 0.364. The molecule has 2 aromatic rings. The largest absolute Gasteiger partial charge is 0.392 e. The lowest BCUT2D eigenvalue weighted by Gasteiger charge is -2.08. The van der Waals surface area contributed by atoms with E-state index in [1.807, 2.05) is 0 Å². The molecule has 0 aliphatic carbocycles. The average Bonchev–Trinajstić information content (AvgIpc) is 2.67. The lowest BCUT2D eigenvalue weighted by molar-refractivity contribution is 0.171. The number of nitrogens with zero attached hydrogens (tertiary/aromatic N) is 4. The summed E-state index contributed by atoms with van der Waals surface area (Å²) in [5.41, 5.74) is 0.490. The van der Waals surface area contributed by atoms with Gasteiger partial charge in [-0.15, -0.1) is 10.2 Å². The van der Waals surface area contributed by atoms with Gasteiger partial charge in [-0.25, -0.2) is 4.39 Å². The number of tetrazole rings is 1. The Balaban J connectivity index is 1.98. The van der Waals surface area contributed by atoms with E-state index in [-0.39, 0.29) is 18.7 Å². The van der Waals surface area contributed by atoms with Crippen LogP contribution in [0.2, 0.25) is 0 Å². The second-order valence-corrected chi connectivity index (χ2v) is 3.85. The van der Waals surface area contributed by atoms with Gasteiger partial charge < -0.3 is 5.11 Å². The summed E-state index contributed by atoms with van der Waals surface area (Å²) >= 11 is 0. The van der Waals surface area contributed by atoms with Crippen LogP contribution >= 0.6 is 0 Å².